The molecule has 0 aromatic carbocycles. The molecule has 1 saturated heterocycles. The summed E-state index contributed by atoms with van der Waals surface area (Å²) in [4.78, 5) is 6.12. The van der Waals surface area contributed by atoms with E-state index in [1.807, 2.05) is 7.05 Å². The number of aromatic nitrogens is 1. The molecule has 1 aromatic rings. The van der Waals surface area contributed by atoms with Gasteiger partial charge < -0.3 is 4.90 Å². The molecule has 1 aliphatic rings. The van der Waals surface area contributed by atoms with Gasteiger partial charge in [0.2, 0.25) is 0 Å². The minimum absolute atomic E-state index is 0.275. The monoisotopic (exact) mass is 309 g/mol. The van der Waals surface area contributed by atoms with Crippen LogP contribution in [-0.2, 0) is 10.0 Å². The van der Waals surface area contributed by atoms with Gasteiger partial charge in [-0.3, -0.25) is 0 Å². The number of sulfonamides is 1. The summed E-state index contributed by atoms with van der Waals surface area (Å²) in [5, 5.41) is 0. The molecule has 1 fully saturated rings. The highest BCUT2D eigenvalue weighted by Crippen LogP contribution is 2.29. The van der Waals surface area contributed by atoms with Gasteiger partial charge in [-0.25, -0.2) is 13.4 Å². The third kappa shape index (κ3) is 2.85. The van der Waals surface area contributed by atoms with Crippen molar-refractivity contribution in [1.82, 2.24) is 14.2 Å². The second-order valence-electron chi connectivity index (χ2n) is 4.40. The van der Waals surface area contributed by atoms with Crippen molar-refractivity contribution in [2.75, 3.05) is 33.2 Å². The molecule has 1 aliphatic heterocycles. The number of aryl methyl sites for hydroxylation is 1. The number of hydrogen-bond acceptors (Lipinski definition) is 5. The number of likely N-dealkylation sites (N-methyl/N-ethyl adjacent to an activating group) is 1. The van der Waals surface area contributed by atoms with Gasteiger partial charge in [0.15, 0.2) is 8.68 Å². The average Bonchev–Trinajstić information content (AvgIpc) is 2.49. The maximum atomic E-state index is 12.5. The lowest BCUT2D eigenvalue weighted by atomic mass is 10.4. The van der Waals surface area contributed by atoms with Gasteiger partial charge in [0.25, 0.3) is 10.0 Å². The van der Waals surface area contributed by atoms with Gasteiger partial charge in [-0.15, -0.1) is 0 Å². The largest absolute Gasteiger partial charge is 0.305 e. The van der Waals surface area contributed by atoms with E-state index in [0.29, 0.717) is 18.8 Å². The zero-order valence-electron chi connectivity index (χ0n) is 10.4. The SMILES string of the molecule is Cc1nc(Cl)sc1S(=O)(=O)N1CCCN(C)CC1. The minimum Gasteiger partial charge on any atom is -0.305 e. The average molecular weight is 310 g/mol. The van der Waals surface area contributed by atoms with Crippen LogP contribution in [0.25, 0.3) is 0 Å². The first-order valence-corrected chi connectivity index (χ1v) is 8.36. The lowest BCUT2D eigenvalue weighted by molar-refractivity contribution is 0.347. The quantitative estimate of drug-likeness (QED) is 0.829. The van der Waals surface area contributed by atoms with Gasteiger partial charge in [0.1, 0.15) is 0 Å². The summed E-state index contributed by atoms with van der Waals surface area (Å²) < 4.78 is 27.1. The van der Waals surface area contributed by atoms with E-state index in [1.54, 1.807) is 6.92 Å². The molecule has 0 aliphatic carbocycles. The Morgan fingerprint density at radius 2 is 2.00 bits per heavy atom. The van der Waals surface area contributed by atoms with E-state index in [0.717, 1.165) is 30.8 Å². The highest BCUT2D eigenvalue weighted by Gasteiger charge is 2.29. The van der Waals surface area contributed by atoms with Gasteiger partial charge in [-0.1, -0.05) is 22.9 Å². The predicted molar refractivity (Wildman–Crippen MR) is 72.7 cm³/mol. The third-order valence-electron chi connectivity index (χ3n) is 2.98. The summed E-state index contributed by atoms with van der Waals surface area (Å²) in [5.74, 6) is 0. The Hall–Kier alpha value is -0.210. The summed E-state index contributed by atoms with van der Waals surface area (Å²) >= 11 is 6.82. The van der Waals surface area contributed by atoms with Crippen molar-refractivity contribution < 1.29 is 8.42 Å². The number of halogens is 1. The standard InChI is InChI=1S/C10H16ClN3O2S2/c1-8-9(17-10(11)12-8)18(15,16)14-5-3-4-13(2)6-7-14/h3-7H2,1-2H3. The molecule has 8 heteroatoms. The van der Waals surface area contributed by atoms with Crippen molar-refractivity contribution in [2.45, 2.75) is 17.6 Å². The van der Waals surface area contributed by atoms with Crippen LogP contribution in [0, 0.1) is 6.92 Å². The van der Waals surface area contributed by atoms with Crippen LogP contribution in [0.2, 0.25) is 4.47 Å². The first kappa shape index (κ1) is 14.2. The van der Waals surface area contributed by atoms with Crippen molar-refractivity contribution in [3.8, 4) is 0 Å². The van der Waals surface area contributed by atoms with Crippen LogP contribution < -0.4 is 0 Å². The molecule has 0 spiro atoms. The summed E-state index contributed by atoms with van der Waals surface area (Å²) in [5.41, 5.74) is 0.489. The molecule has 0 amide bonds. The first-order chi connectivity index (χ1) is 8.41. The minimum atomic E-state index is -3.44. The fourth-order valence-electron chi connectivity index (χ4n) is 1.97. The van der Waals surface area contributed by atoms with E-state index in [4.69, 9.17) is 11.6 Å². The summed E-state index contributed by atoms with van der Waals surface area (Å²) in [6.45, 7) is 4.44. The van der Waals surface area contributed by atoms with Crippen LogP contribution in [-0.4, -0.2) is 55.8 Å². The zero-order chi connectivity index (χ0) is 13.3. The van der Waals surface area contributed by atoms with Gasteiger partial charge in [-0.2, -0.15) is 4.31 Å². The molecule has 2 heterocycles. The van der Waals surface area contributed by atoms with Crippen LogP contribution >= 0.6 is 22.9 Å². The van der Waals surface area contributed by atoms with Crippen LogP contribution in [0.3, 0.4) is 0 Å². The van der Waals surface area contributed by atoms with E-state index in [1.165, 1.54) is 4.31 Å². The van der Waals surface area contributed by atoms with E-state index in [-0.39, 0.29) is 8.68 Å². The van der Waals surface area contributed by atoms with Gasteiger partial charge in [-0.05, 0) is 26.9 Å². The van der Waals surface area contributed by atoms with Crippen molar-refractivity contribution in [2.24, 2.45) is 0 Å². The van der Waals surface area contributed by atoms with Crippen molar-refractivity contribution in [3.05, 3.63) is 10.2 Å². The van der Waals surface area contributed by atoms with Crippen molar-refractivity contribution in [1.29, 1.82) is 0 Å². The van der Waals surface area contributed by atoms with Crippen LogP contribution in [0.5, 0.6) is 0 Å². The fraction of sp³-hybridized carbons (Fsp3) is 0.700. The Labute approximate surface area is 116 Å². The molecule has 0 radical (unpaired) electrons. The lowest BCUT2D eigenvalue weighted by Gasteiger charge is -2.19. The second-order valence-corrected chi connectivity index (χ2v) is 8.11. The molecular formula is C10H16ClN3O2S2. The van der Waals surface area contributed by atoms with Crippen LogP contribution in [0.15, 0.2) is 4.21 Å². The smallest absolute Gasteiger partial charge is 0.254 e. The summed E-state index contributed by atoms with van der Waals surface area (Å²) in [6, 6.07) is 0. The van der Waals surface area contributed by atoms with E-state index < -0.39 is 10.0 Å². The maximum absolute atomic E-state index is 12.5. The molecule has 102 valence electrons. The summed E-state index contributed by atoms with van der Waals surface area (Å²) in [7, 11) is -1.44. The predicted octanol–water partition coefficient (Wildman–Crippen LogP) is 1.43. The van der Waals surface area contributed by atoms with Gasteiger partial charge >= 0.3 is 0 Å². The van der Waals surface area contributed by atoms with Gasteiger partial charge in [0, 0.05) is 19.6 Å². The molecule has 2 rings (SSSR count). The topological polar surface area (TPSA) is 53.5 Å². The van der Waals surface area contributed by atoms with E-state index >= 15 is 0 Å². The first-order valence-electron chi connectivity index (χ1n) is 5.73. The fourth-order valence-corrected chi connectivity index (χ4v) is 5.31. The van der Waals surface area contributed by atoms with Gasteiger partial charge in [0.05, 0.1) is 5.69 Å². The molecule has 0 saturated carbocycles. The number of nitrogens with zero attached hydrogens (tertiary/aromatic N) is 3. The lowest BCUT2D eigenvalue weighted by Crippen LogP contribution is -2.34. The molecule has 0 bridgehead atoms. The molecule has 0 N–H and O–H groups in total. The molecule has 0 atom stereocenters. The van der Waals surface area contributed by atoms with Crippen molar-refractivity contribution >= 4 is 33.0 Å². The Kier molecular flexibility index (Phi) is 4.28. The second kappa shape index (κ2) is 5.42. The number of hydrogen-bond donors (Lipinski definition) is 0. The molecule has 1 aromatic heterocycles. The zero-order valence-corrected chi connectivity index (χ0v) is 12.8. The Balaban J connectivity index is 2.28. The third-order valence-corrected chi connectivity index (χ3v) is 6.73. The Morgan fingerprint density at radius 3 is 2.61 bits per heavy atom. The maximum Gasteiger partial charge on any atom is 0.254 e. The molecule has 5 nitrogen and oxygen atoms in total. The normalized spacial score (nSPS) is 19.9. The number of rotatable bonds is 2. The van der Waals surface area contributed by atoms with Crippen LogP contribution in [0.1, 0.15) is 12.1 Å². The Bertz CT molecular complexity index is 529. The van der Waals surface area contributed by atoms with E-state index in [2.05, 4.69) is 9.88 Å². The molecular weight excluding hydrogens is 294 g/mol. The van der Waals surface area contributed by atoms with Crippen molar-refractivity contribution in [3.63, 3.8) is 0 Å². The van der Waals surface area contributed by atoms with Crippen LogP contribution in [0.4, 0.5) is 0 Å². The number of thiazole rings is 1. The Morgan fingerprint density at radius 1 is 1.28 bits per heavy atom. The summed E-state index contributed by atoms with van der Waals surface area (Å²) in [6.07, 6.45) is 0.849. The molecule has 0 unspecified atom stereocenters. The molecule has 18 heavy (non-hydrogen) atoms. The highest BCUT2D eigenvalue weighted by molar-refractivity contribution is 7.91. The van der Waals surface area contributed by atoms with E-state index in [9.17, 15) is 8.42 Å². The highest BCUT2D eigenvalue weighted by atomic mass is 35.5.